The van der Waals surface area contributed by atoms with Crippen LogP contribution in [0.3, 0.4) is 0 Å². The summed E-state index contributed by atoms with van der Waals surface area (Å²) in [6.07, 6.45) is 0.140. The van der Waals surface area contributed by atoms with Gasteiger partial charge in [-0.3, -0.25) is 19.6 Å². The highest BCUT2D eigenvalue weighted by Crippen LogP contribution is 2.35. The van der Waals surface area contributed by atoms with E-state index in [-0.39, 0.29) is 31.6 Å². The predicted octanol–water partition coefficient (Wildman–Crippen LogP) is 3.05. The fraction of sp³-hybridized carbons (Fsp3) is 0.211. The topological polar surface area (TPSA) is 96.5 Å². The third kappa shape index (κ3) is 2.88. The van der Waals surface area contributed by atoms with Crippen molar-refractivity contribution < 1.29 is 19.1 Å². The Morgan fingerprint density at radius 2 is 2.07 bits per heavy atom. The van der Waals surface area contributed by atoms with Crippen LogP contribution in [-0.4, -0.2) is 35.3 Å². The van der Waals surface area contributed by atoms with E-state index in [1.807, 2.05) is 18.2 Å². The number of nitrogens with zero attached hydrogens (tertiary/aromatic N) is 2. The van der Waals surface area contributed by atoms with Gasteiger partial charge in [0.1, 0.15) is 0 Å². The molecular weight excluding hydrogens is 428 g/mol. The fourth-order valence-electron chi connectivity index (χ4n) is 3.49. The van der Waals surface area contributed by atoms with Gasteiger partial charge in [-0.15, -0.1) is 0 Å². The number of hydrogen-bond acceptors (Lipinski definition) is 5. The van der Waals surface area contributed by atoms with Crippen LogP contribution >= 0.6 is 15.9 Å². The first kappa shape index (κ1) is 17.1. The van der Waals surface area contributed by atoms with Gasteiger partial charge in [-0.1, -0.05) is 15.9 Å². The zero-order chi connectivity index (χ0) is 19.3. The molecule has 2 aliphatic heterocycles. The van der Waals surface area contributed by atoms with Gasteiger partial charge in [0.25, 0.3) is 0 Å². The summed E-state index contributed by atoms with van der Waals surface area (Å²) in [5.74, 6) is 0.999. The first-order valence-electron chi connectivity index (χ1n) is 8.73. The first-order valence-corrected chi connectivity index (χ1v) is 9.52. The Morgan fingerprint density at radius 3 is 2.96 bits per heavy atom. The molecule has 1 saturated heterocycles. The molecule has 1 unspecified atom stereocenters. The normalized spacial score (nSPS) is 18.1. The van der Waals surface area contributed by atoms with Gasteiger partial charge in [-0.25, -0.2) is 0 Å². The molecule has 2 aliphatic rings. The van der Waals surface area contributed by atoms with Gasteiger partial charge in [0.15, 0.2) is 17.3 Å². The smallest absolute Gasteiger partial charge is 0.231 e. The van der Waals surface area contributed by atoms with Crippen LogP contribution in [0.4, 0.5) is 11.5 Å². The Labute approximate surface area is 167 Å². The number of benzene rings is 2. The average Bonchev–Trinajstić information content (AvgIpc) is 3.38. The third-order valence-electron chi connectivity index (χ3n) is 4.90. The van der Waals surface area contributed by atoms with E-state index in [1.54, 1.807) is 23.1 Å². The number of carbonyl (C=O) groups excluding carboxylic acids is 2. The number of carbonyl (C=O) groups is 2. The summed E-state index contributed by atoms with van der Waals surface area (Å²) in [6.45, 7) is 0.457. The molecule has 1 aromatic heterocycles. The van der Waals surface area contributed by atoms with E-state index >= 15 is 0 Å². The molecule has 0 radical (unpaired) electrons. The highest BCUT2D eigenvalue weighted by atomic mass is 79.9. The molecule has 142 valence electrons. The van der Waals surface area contributed by atoms with Crippen molar-refractivity contribution in [2.45, 2.75) is 6.42 Å². The number of nitrogens with one attached hydrogen (secondary N) is 2. The number of amides is 2. The number of ether oxygens (including phenoxy) is 2. The van der Waals surface area contributed by atoms with Crippen LogP contribution in [0.1, 0.15) is 6.42 Å². The van der Waals surface area contributed by atoms with Gasteiger partial charge in [0.2, 0.25) is 18.6 Å². The van der Waals surface area contributed by atoms with Crippen LogP contribution in [0.5, 0.6) is 11.5 Å². The molecule has 0 bridgehead atoms. The molecule has 0 saturated carbocycles. The van der Waals surface area contributed by atoms with Gasteiger partial charge in [-0.2, -0.15) is 5.10 Å². The zero-order valence-corrected chi connectivity index (χ0v) is 16.2. The highest BCUT2D eigenvalue weighted by Gasteiger charge is 2.37. The van der Waals surface area contributed by atoms with Gasteiger partial charge in [-0.05, 0) is 30.3 Å². The van der Waals surface area contributed by atoms with Gasteiger partial charge in [0, 0.05) is 34.6 Å². The third-order valence-corrected chi connectivity index (χ3v) is 5.39. The Balaban J connectivity index is 1.33. The number of aromatic amines is 1. The minimum absolute atomic E-state index is 0.123. The van der Waals surface area contributed by atoms with Crippen LogP contribution in [0, 0.1) is 5.92 Å². The second-order valence-corrected chi connectivity index (χ2v) is 7.62. The lowest BCUT2D eigenvalue weighted by Gasteiger charge is -2.14. The molecule has 8 nitrogen and oxygen atoms in total. The van der Waals surface area contributed by atoms with Crippen molar-refractivity contribution in [3.63, 3.8) is 0 Å². The molecular formula is C19H15BrN4O4. The summed E-state index contributed by atoms with van der Waals surface area (Å²) in [6, 6.07) is 10.9. The first-order chi connectivity index (χ1) is 13.6. The molecule has 5 rings (SSSR count). The van der Waals surface area contributed by atoms with Crippen molar-refractivity contribution >= 4 is 50.2 Å². The maximum Gasteiger partial charge on any atom is 0.231 e. The second kappa shape index (κ2) is 6.52. The maximum absolute atomic E-state index is 12.7. The molecule has 1 atom stereocenters. The predicted molar refractivity (Wildman–Crippen MR) is 105 cm³/mol. The summed E-state index contributed by atoms with van der Waals surface area (Å²) >= 11 is 3.42. The maximum atomic E-state index is 12.7. The summed E-state index contributed by atoms with van der Waals surface area (Å²) in [7, 11) is 0. The molecule has 2 N–H and O–H groups in total. The van der Waals surface area contributed by atoms with Gasteiger partial charge < -0.3 is 14.8 Å². The van der Waals surface area contributed by atoms with Crippen LogP contribution < -0.4 is 19.7 Å². The van der Waals surface area contributed by atoms with Crippen molar-refractivity contribution in [3.8, 4) is 11.5 Å². The molecule has 2 aromatic carbocycles. The lowest BCUT2D eigenvalue weighted by Crippen LogP contribution is -2.28. The number of halogens is 1. The second-order valence-electron chi connectivity index (χ2n) is 6.70. The Hall–Kier alpha value is -3.07. The molecule has 3 aromatic rings. The number of fused-ring (bicyclic) bond motifs is 2. The molecule has 0 spiro atoms. The molecule has 9 heteroatoms. The molecule has 2 amide bonds. The Morgan fingerprint density at radius 1 is 1.21 bits per heavy atom. The van der Waals surface area contributed by atoms with Crippen LogP contribution in [0.2, 0.25) is 0 Å². The molecule has 28 heavy (non-hydrogen) atoms. The summed E-state index contributed by atoms with van der Waals surface area (Å²) in [4.78, 5) is 26.8. The Bertz CT molecular complexity index is 1110. The fourth-order valence-corrected chi connectivity index (χ4v) is 3.85. The van der Waals surface area contributed by atoms with E-state index in [0.717, 1.165) is 15.4 Å². The van der Waals surface area contributed by atoms with E-state index in [0.29, 0.717) is 23.0 Å². The van der Waals surface area contributed by atoms with Gasteiger partial charge >= 0.3 is 0 Å². The Kier molecular flexibility index (Phi) is 3.97. The SMILES string of the molecule is O=C(Nc1ccc2c(c1)OCO2)C1CC(=O)N(c2n[nH]c3cc(Br)ccc23)C1. The van der Waals surface area contributed by atoms with Gasteiger partial charge in [0.05, 0.1) is 11.4 Å². The zero-order valence-electron chi connectivity index (χ0n) is 14.6. The molecule has 0 aliphatic carbocycles. The van der Waals surface area contributed by atoms with E-state index in [2.05, 4.69) is 31.4 Å². The lowest BCUT2D eigenvalue weighted by molar-refractivity contribution is -0.122. The summed E-state index contributed by atoms with van der Waals surface area (Å²) < 4.78 is 11.5. The standard InChI is InChI=1S/C19H15BrN4O4/c20-11-1-3-13-14(6-11)22-23-18(13)24-8-10(5-17(24)25)19(26)21-12-2-4-15-16(7-12)28-9-27-15/h1-4,6-7,10H,5,8-9H2,(H,21,26)(H,22,23). The van der Waals surface area contributed by atoms with Crippen molar-refractivity contribution in [2.24, 2.45) is 5.92 Å². The van der Waals surface area contributed by atoms with E-state index < -0.39 is 5.92 Å². The number of hydrogen-bond donors (Lipinski definition) is 2. The summed E-state index contributed by atoms with van der Waals surface area (Å²) in [5.41, 5.74) is 1.43. The van der Waals surface area contributed by atoms with Crippen molar-refractivity contribution in [1.82, 2.24) is 10.2 Å². The average molecular weight is 443 g/mol. The van der Waals surface area contributed by atoms with E-state index in [9.17, 15) is 9.59 Å². The minimum Gasteiger partial charge on any atom is -0.454 e. The largest absolute Gasteiger partial charge is 0.454 e. The monoisotopic (exact) mass is 442 g/mol. The number of anilines is 2. The lowest BCUT2D eigenvalue weighted by atomic mass is 10.1. The van der Waals surface area contributed by atoms with E-state index in [1.165, 1.54) is 0 Å². The van der Waals surface area contributed by atoms with Crippen LogP contribution in [-0.2, 0) is 9.59 Å². The van der Waals surface area contributed by atoms with Crippen molar-refractivity contribution in [2.75, 3.05) is 23.6 Å². The van der Waals surface area contributed by atoms with Crippen LogP contribution in [0.15, 0.2) is 40.9 Å². The van der Waals surface area contributed by atoms with Crippen molar-refractivity contribution in [3.05, 3.63) is 40.9 Å². The molecule has 3 heterocycles. The van der Waals surface area contributed by atoms with Crippen LogP contribution in [0.25, 0.3) is 10.9 Å². The number of aromatic nitrogens is 2. The highest BCUT2D eigenvalue weighted by molar-refractivity contribution is 9.10. The minimum atomic E-state index is -0.458. The quantitative estimate of drug-likeness (QED) is 0.649. The number of H-pyrrole nitrogens is 1. The molecule has 1 fully saturated rings. The van der Waals surface area contributed by atoms with E-state index in [4.69, 9.17) is 9.47 Å². The summed E-state index contributed by atoms with van der Waals surface area (Å²) in [5, 5.41) is 10.9. The number of rotatable bonds is 3. The van der Waals surface area contributed by atoms with Crippen molar-refractivity contribution in [1.29, 1.82) is 0 Å².